The maximum absolute atomic E-state index is 2.53. The molecule has 9 rings (SSSR count). The van der Waals surface area contributed by atoms with E-state index in [1.807, 2.05) is 0 Å². The molecule has 2 aromatic heterocycles. The fraction of sp³-hybridized carbons (Fsp3) is 0.267. The van der Waals surface area contributed by atoms with Gasteiger partial charge in [-0.3, -0.25) is 0 Å². The van der Waals surface area contributed by atoms with Gasteiger partial charge in [0.1, 0.15) is 0 Å². The molecule has 0 fully saturated rings. The summed E-state index contributed by atoms with van der Waals surface area (Å²) >= 11 is 0. The largest absolute Gasteiger partial charge is 0.314 e. The molecule has 0 aliphatic rings. The fourth-order valence-electron chi connectivity index (χ4n) is 9.07. The number of nitrogens with zero attached hydrogens (tertiary/aromatic N) is 3. The molecule has 0 radical (unpaired) electrons. The quantitative estimate of drug-likeness (QED) is 0.168. The molecule has 0 N–H and O–H groups in total. The number of benzene rings is 7. The van der Waals surface area contributed by atoms with Crippen molar-refractivity contribution in [1.82, 2.24) is 13.5 Å². The zero-order valence-electron chi connectivity index (χ0n) is 39.4. The summed E-state index contributed by atoms with van der Waals surface area (Å²) in [5.74, 6) is 0. The first-order chi connectivity index (χ1) is 29.8. The third kappa shape index (κ3) is 7.88. The summed E-state index contributed by atoms with van der Waals surface area (Å²) in [5, 5.41) is 1.22. The molecule has 63 heavy (non-hydrogen) atoms. The molecule has 0 spiro atoms. The van der Waals surface area contributed by atoms with Crippen molar-refractivity contribution in [2.24, 2.45) is 0 Å². The third-order valence-corrected chi connectivity index (χ3v) is 12.9. The molecule has 0 amide bonds. The van der Waals surface area contributed by atoms with Crippen molar-refractivity contribution in [3.8, 4) is 33.6 Å². The number of fused-ring (bicyclic) bond motifs is 10. The smallest absolute Gasteiger partial charge is 0.0721 e. The van der Waals surface area contributed by atoms with Gasteiger partial charge >= 0.3 is 0 Å². The molecule has 3 nitrogen and oxygen atoms in total. The predicted octanol–water partition coefficient (Wildman–Crippen LogP) is 16.6. The summed E-state index contributed by atoms with van der Waals surface area (Å²) in [5.41, 5.74) is 18.8. The number of rotatable bonds is 4. The van der Waals surface area contributed by atoms with Crippen LogP contribution in [-0.4, -0.2) is 13.5 Å². The SMILES string of the molecule is CC(C)(C)c1ccc(-n2c3cccc(c3)n(-c3ccc(C(C)(C)C)cc3-c3ccccc3)c3cn(c4cc(C(C)(C)C)cc2c4)c2ccc(C(C)(C)C)cc32)c(-c2ccccc2)c1. The van der Waals surface area contributed by atoms with E-state index in [1.165, 1.54) is 55.4 Å². The van der Waals surface area contributed by atoms with Crippen molar-refractivity contribution in [3.63, 3.8) is 0 Å². The summed E-state index contributed by atoms with van der Waals surface area (Å²) < 4.78 is 7.48. The minimum absolute atomic E-state index is 0.0236. The molecule has 0 aliphatic heterocycles. The van der Waals surface area contributed by atoms with Crippen LogP contribution in [-0.2, 0) is 21.7 Å². The molecule has 0 aliphatic carbocycles. The van der Waals surface area contributed by atoms with Crippen LogP contribution in [0.3, 0.4) is 0 Å². The van der Waals surface area contributed by atoms with E-state index in [1.54, 1.807) is 0 Å². The Bertz CT molecular complexity index is 3230. The average molecular weight is 826 g/mol. The van der Waals surface area contributed by atoms with Gasteiger partial charge in [0.15, 0.2) is 0 Å². The average Bonchev–Trinajstić information content (AvgIpc) is 3.61. The molecule has 0 saturated heterocycles. The lowest BCUT2D eigenvalue weighted by molar-refractivity contribution is 0.590. The highest BCUT2D eigenvalue weighted by Gasteiger charge is 2.23. The Balaban J connectivity index is 1.55. The summed E-state index contributed by atoms with van der Waals surface area (Å²) in [6.07, 6.45) is 2.39. The van der Waals surface area contributed by atoms with Crippen LogP contribution in [0.1, 0.15) is 105 Å². The van der Waals surface area contributed by atoms with Gasteiger partial charge in [0.05, 0.1) is 22.4 Å². The normalized spacial score (nSPS) is 12.8. The van der Waals surface area contributed by atoms with E-state index in [0.29, 0.717) is 0 Å². The summed E-state index contributed by atoms with van der Waals surface area (Å²) in [7, 11) is 0. The van der Waals surface area contributed by atoms with E-state index < -0.39 is 0 Å². The fourth-order valence-corrected chi connectivity index (χ4v) is 9.07. The van der Waals surface area contributed by atoms with Gasteiger partial charge in [0.25, 0.3) is 0 Å². The van der Waals surface area contributed by atoms with E-state index in [2.05, 4.69) is 261 Å². The van der Waals surface area contributed by atoms with Crippen molar-refractivity contribution in [2.75, 3.05) is 0 Å². The highest BCUT2D eigenvalue weighted by atomic mass is 15.0. The summed E-state index contributed by atoms with van der Waals surface area (Å²) in [6, 6.07) is 59.7. The van der Waals surface area contributed by atoms with Gasteiger partial charge < -0.3 is 13.5 Å². The van der Waals surface area contributed by atoms with Gasteiger partial charge in [0, 0.05) is 44.8 Å². The van der Waals surface area contributed by atoms with E-state index in [9.17, 15) is 0 Å². The minimum Gasteiger partial charge on any atom is -0.314 e. The Labute approximate surface area is 375 Å². The Morgan fingerprint density at radius 1 is 0.317 bits per heavy atom. The second-order valence-corrected chi connectivity index (χ2v) is 21.7. The molecule has 0 atom stereocenters. The highest BCUT2D eigenvalue weighted by molar-refractivity contribution is 6.00. The molecular formula is C60H63N3. The lowest BCUT2D eigenvalue weighted by Crippen LogP contribution is -2.13. The van der Waals surface area contributed by atoms with Crippen LogP contribution in [0.4, 0.5) is 0 Å². The summed E-state index contributed by atoms with van der Waals surface area (Å²) in [6.45, 7) is 27.8. The summed E-state index contributed by atoms with van der Waals surface area (Å²) in [4.78, 5) is 0. The Hall–Kier alpha value is -6.32. The lowest BCUT2D eigenvalue weighted by Gasteiger charge is -2.24. The Morgan fingerprint density at radius 3 is 1.29 bits per heavy atom. The molecule has 7 aromatic carbocycles. The Kier molecular flexibility index (Phi) is 10.1. The van der Waals surface area contributed by atoms with Crippen molar-refractivity contribution in [2.45, 2.75) is 105 Å². The molecule has 0 unspecified atom stereocenters. The molecule has 3 heteroatoms. The van der Waals surface area contributed by atoms with Gasteiger partial charge in [-0.15, -0.1) is 0 Å². The number of hydrogen-bond acceptors (Lipinski definition) is 0. The van der Waals surface area contributed by atoms with Gasteiger partial charge in [0.2, 0.25) is 0 Å². The number of hydrogen-bond donors (Lipinski definition) is 0. The molecule has 6 bridgehead atoms. The lowest BCUT2D eigenvalue weighted by atomic mass is 9.84. The van der Waals surface area contributed by atoms with Crippen molar-refractivity contribution in [1.29, 1.82) is 0 Å². The predicted molar refractivity (Wildman–Crippen MR) is 272 cm³/mol. The van der Waals surface area contributed by atoms with Crippen molar-refractivity contribution >= 4 is 38.5 Å². The molecule has 2 heterocycles. The van der Waals surface area contributed by atoms with Crippen LogP contribution in [0, 0.1) is 0 Å². The Morgan fingerprint density at radius 2 is 0.762 bits per heavy atom. The second kappa shape index (κ2) is 15.2. The van der Waals surface area contributed by atoms with Crippen LogP contribution < -0.4 is 0 Å². The second-order valence-electron chi connectivity index (χ2n) is 21.7. The third-order valence-electron chi connectivity index (χ3n) is 12.9. The number of aromatic nitrogens is 3. The van der Waals surface area contributed by atoms with Crippen LogP contribution in [0.25, 0.3) is 72.1 Å². The zero-order chi connectivity index (χ0) is 44.6. The topological polar surface area (TPSA) is 14.3 Å². The zero-order valence-corrected chi connectivity index (χ0v) is 39.4. The van der Waals surface area contributed by atoms with E-state index in [0.717, 1.165) is 39.0 Å². The van der Waals surface area contributed by atoms with Crippen molar-refractivity contribution < 1.29 is 0 Å². The standard InChI is InChI=1S/C60H63N3/c1-57(2,3)42-27-30-54(50(34-42)40-20-15-13-16-21-40)62-46-24-19-25-47(37-46)63(55-31-28-43(58(4,5)6)35-51(55)41-22-17-14-18-23-41)56-39-61(48-32-45(60(10,11)12)33-49(62)38-48)53-29-26-44(36-52(53)56)59(7,8)9/h13-39H,1-12H3. The van der Waals surface area contributed by atoms with Crippen LogP contribution in [0.2, 0.25) is 0 Å². The monoisotopic (exact) mass is 826 g/mol. The first-order valence-electron chi connectivity index (χ1n) is 22.7. The van der Waals surface area contributed by atoms with E-state index >= 15 is 0 Å². The van der Waals surface area contributed by atoms with Gasteiger partial charge in [-0.1, -0.05) is 168 Å². The first-order valence-corrected chi connectivity index (χ1v) is 22.7. The van der Waals surface area contributed by atoms with E-state index in [4.69, 9.17) is 0 Å². The maximum Gasteiger partial charge on any atom is 0.0721 e. The van der Waals surface area contributed by atoms with Gasteiger partial charge in [-0.25, -0.2) is 0 Å². The molecule has 318 valence electrons. The molecule has 9 aromatic rings. The van der Waals surface area contributed by atoms with Crippen LogP contribution in [0.5, 0.6) is 0 Å². The van der Waals surface area contributed by atoms with Gasteiger partial charge in [-0.05, 0) is 128 Å². The van der Waals surface area contributed by atoms with Crippen LogP contribution >= 0.6 is 0 Å². The maximum atomic E-state index is 2.53. The molecule has 0 saturated carbocycles. The van der Waals surface area contributed by atoms with Crippen molar-refractivity contribution in [3.05, 3.63) is 186 Å². The molecular weight excluding hydrogens is 763 g/mol. The highest BCUT2D eigenvalue weighted by Crippen LogP contribution is 2.40. The van der Waals surface area contributed by atoms with E-state index in [-0.39, 0.29) is 21.7 Å². The first kappa shape index (κ1) is 42.0. The van der Waals surface area contributed by atoms with Gasteiger partial charge in [-0.2, -0.15) is 0 Å². The van der Waals surface area contributed by atoms with Crippen LogP contribution in [0.15, 0.2) is 164 Å². The minimum atomic E-state index is -0.118.